The highest BCUT2D eigenvalue weighted by atomic mass is 19.1. The number of rotatable bonds is 4. The van der Waals surface area contributed by atoms with Crippen LogP contribution in [0.15, 0.2) is 23.3 Å². The molecule has 20 heavy (non-hydrogen) atoms. The van der Waals surface area contributed by atoms with E-state index in [9.17, 15) is 14.5 Å². The highest BCUT2D eigenvalue weighted by molar-refractivity contribution is 5.81. The van der Waals surface area contributed by atoms with Gasteiger partial charge in [-0.2, -0.15) is 0 Å². The van der Waals surface area contributed by atoms with Gasteiger partial charge in [-0.25, -0.2) is 14.5 Å². The molecule has 8 heteroatoms. The normalized spacial score (nSPS) is 16.9. The van der Waals surface area contributed by atoms with E-state index in [0.717, 1.165) is 0 Å². The van der Waals surface area contributed by atoms with Crippen LogP contribution >= 0.6 is 0 Å². The van der Waals surface area contributed by atoms with Crippen LogP contribution in [0.1, 0.15) is 5.56 Å². The number of hydrogen-bond acceptors (Lipinski definition) is 3. The van der Waals surface area contributed by atoms with Crippen LogP contribution in [0.3, 0.4) is 0 Å². The van der Waals surface area contributed by atoms with Crippen molar-refractivity contribution < 1.29 is 14.2 Å². The number of hydrogen-bond donors (Lipinski definition) is 0. The first-order chi connectivity index (χ1) is 9.51. The Morgan fingerprint density at radius 2 is 2.25 bits per heavy atom. The molecule has 1 aromatic carbocycles. The molecule has 0 saturated carbocycles. The van der Waals surface area contributed by atoms with Gasteiger partial charge in [0.15, 0.2) is 16.6 Å². The van der Waals surface area contributed by atoms with Crippen molar-refractivity contribution in [1.29, 1.82) is 0 Å². The number of guanidine groups is 1. The lowest BCUT2D eigenvalue weighted by atomic mass is 10.2. The van der Waals surface area contributed by atoms with Gasteiger partial charge >= 0.3 is 0 Å². The van der Waals surface area contributed by atoms with Gasteiger partial charge in [0.1, 0.15) is 5.10 Å². The molecular formula is C12H15FN4O3. The second-order valence-corrected chi connectivity index (χ2v) is 4.45. The maximum Gasteiger partial charge on any atom is 0.274 e. The molecule has 1 heterocycles. The molecule has 0 aromatic heterocycles. The molecule has 1 aliphatic rings. The van der Waals surface area contributed by atoms with Crippen molar-refractivity contribution in [2.45, 2.75) is 6.54 Å². The first kappa shape index (κ1) is 14.0. The first-order valence-electron chi connectivity index (χ1n) is 6.02. The van der Waals surface area contributed by atoms with Gasteiger partial charge in [0.25, 0.3) is 5.96 Å². The molecule has 2 rings (SSSR count). The zero-order valence-electron chi connectivity index (χ0n) is 11.2. The molecule has 0 unspecified atom stereocenters. The highest BCUT2D eigenvalue weighted by Crippen LogP contribution is 2.20. The quantitative estimate of drug-likeness (QED) is 0.611. The Hall–Kier alpha value is -2.38. The van der Waals surface area contributed by atoms with E-state index in [1.165, 1.54) is 19.2 Å². The largest absolute Gasteiger partial charge is 0.494 e. The summed E-state index contributed by atoms with van der Waals surface area (Å²) >= 11 is 0. The van der Waals surface area contributed by atoms with Crippen LogP contribution in [0.4, 0.5) is 4.39 Å². The Bertz CT molecular complexity index is 550. The number of nitrogens with zero attached hydrogens (tertiary/aromatic N) is 4. The third-order valence-corrected chi connectivity index (χ3v) is 3.09. The van der Waals surface area contributed by atoms with Crippen molar-refractivity contribution in [2.75, 3.05) is 27.2 Å². The molecule has 0 aliphatic carbocycles. The van der Waals surface area contributed by atoms with Gasteiger partial charge in [0.2, 0.25) is 0 Å². The fraction of sp³-hybridized carbons (Fsp3) is 0.417. The first-order valence-corrected chi connectivity index (χ1v) is 6.02. The Morgan fingerprint density at radius 3 is 2.85 bits per heavy atom. The van der Waals surface area contributed by atoms with Crippen molar-refractivity contribution >= 4 is 5.96 Å². The molecule has 7 nitrogen and oxygen atoms in total. The number of hydrazone groups is 1. The summed E-state index contributed by atoms with van der Waals surface area (Å²) in [5.74, 6) is 0.00279. The molecule has 0 bridgehead atoms. The zero-order chi connectivity index (χ0) is 14.7. The molecule has 1 saturated heterocycles. The number of benzene rings is 1. The summed E-state index contributed by atoms with van der Waals surface area (Å²) in [5.41, 5.74) is 0.703. The predicted octanol–water partition coefficient (Wildman–Crippen LogP) is 1.13. The third kappa shape index (κ3) is 2.95. The topological polar surface area (TPSA) is 71.2 Å². The molecule has 0 atom stereocenters. The van der Waals surface area contributed by atoms with E-state index >= 15 is 0 Å². The maximum atomic E-state index is 13.6. The lowest BCUT2D eigenvalue weighted by molar-refractivity contribution is -0.486. The predicted molar refractivity (Wildman–Crippen MR) is 70.4 cm³/mol. The van der Waals surface area contributed by atoms with Crippen LogP contribution in [-0.2, 0) is 6.54 Å². The van der Waals surface area contributed by atoms with E-state index in [1.807, 2.05) is 0 Å². The summed E-state index contributed by atoms with van der Waals surface area (Å²) in [7, 11) is 3.13. The molecule has 0 amide bonds. The molecule has 1 fully saturated rings. The Labute approximate surface area is 115 Å². The van der Waals surface area contributed by atoms with Crippen molar-refractivity contribution in [3.63, 3.8) is 0 Å². The minimum Gasteiger partial charge on any atom is -0.494 e. The van der Waals surface area contributed by atoms with Gasteiger partial charge in [0.05, 0.1) is 7.11 Å². The highest BCUT2D eigenvalue weighted by Gasteiger charge is 2.27. The van der Waals surface area contributed by atoms with Crippen molar-refractivity contribution in [1.82, 2.24) is 9.80 Å². The van der Waals surface area contributed by atoms with Crippen LogP contribution in [0.5, 0.6) is 5.75 Å². The second kappa shape index (κ2) is 5.72. The molecule has 0 radical (unpaired) electrons. The fourth-order valence-electron chi connectivity index (χ4n) is 2.10. The smallest absolute Gasteiger partial charge is 0.274 e. The average Bonchev–Trinajstić information content (AvgIpc) is 2.71. The van der Waals surface area contributed by atoms with Crippen molar-refractivity contribution in [3.05, 3.63) is 39.7 Å². The van der Waals surface area contributed by atoms with E-state index < -0.39 is 10.8 Å². The number of likely N-dealkylation sites (N-methyl/N-ethyl adjacent to an activating group) is 1. The zero-order valence-corrected chi connectivity index (χ0v) is 11.2. The Balaban J connectivity index is 2.17. The van der Waals surface area contributed by atoms with Gasteiger partial charge in [-0.05, 0) is 17.7 Å². The molecule has 108 valence electrons. The number of halogens is 1. The van der Waals surface area contributed by atoms with Crippen LogP contribution in [-0.4, -0.2) is 48.0 Å². The van der Waals surface area contributed by atoms with Gasteiger partial charge in [-0.3, -0.25) is 0 Å². The second-order valence-electron chi connectivity index (χ2n) is 4.45. The van der Waals surface area contributed by atoms with Crippen LogP contribution < -0.4 is 4.74 Å². The third-order valence-electron chi connectivity index (χ3n) is 3.09. The van der Waals surface area contributed by atoms with Gasteiger partial charge in [0, 0.05) is 26.7 Å². The van der Waals surface area contributed by atoms with E-state index in [0.29, 0.717) is 25.2 Å². The molecular weight excluding hydrogens is 267 g/mol. The Kier molecular flexibility index (Phi) is 4.02. The van der Waals surface area contributed by atoms with Crippen LogP contribution in [0, 0.1) is 15.9 Å². The van der Waals surface area contributed by atoms with E-state index in [2.05, 4.69) is 5.10 Å². The van der Waals surface area contributed by atoms with Crippen LogP contribution in [0.25, 0.3) is 0 Å². The van der Waals surface area contributed by atoms with Crippen molar-refractivity contribution in [2.24, 2.45) is 5.10 Å². The molecule has 1 aromatic rings. The lowest BCUT2D eigenvalue weighted by Gasteiger charge is -2.18. The monoisotopic (exact) mass is 282 g/mol. The molecule has 1 aliphatic heterocycles. The average molecular weight is 282 g/mol. The fourth-order valence-corrected chi connectivity index (χ4v) is 2.10. The minimum absolute atomic E-state index is 0.173. The Morgan fingerprint density at radius 1 is 1.50 bits per heavy atom. The minimum atomic E-state index is -0.723. The number of nitro groups is 1. The van der Waals surface area contributed by atoms with Gasteiger partial charge in [-0.1, -0.05) is 6.07 Å². The van der Waals surface area contributed by atoms with E-state index in [1.54, 1.807) is 22.9 Å². The molecule has 0 N–H and O–H groups in total. The van der Waals surface area contributed by atoms with E-state index in [4.69, 9.17) is 4.74 Å². The summed E-state index contributed by atoms with van der Waals surface area (Å²) < 4.78 is 18.5. The van der Waals surface area contributed by atoms with Crippen LogP contribution in [0.2, 0.25) is 0 Å². The summed E-state index contributed by atoms with van der Waals surface area (Å²) in [5, 5.41) is 13.2. The maximum absolute atomic E-state index is 13.6. The SMILES string of the molecule is COc1ccc(CN2CCN(C)C2=N[N+](=O)[O-])cc1F. The van der Waals surface area contributed by atoms with E-state index in [-0.39, 0.29) is 11.7 Å². The molecule has 0 spiro atoms. The lowest BCUT2D eigenvalue weighted by Crippen LogP contribution is -2.31. The number of ether oxygens (including phenoxy) is 1. The van der Waals surface area contributed by atoms with Crippen molar-refractivity contribution in [3.8, 4) is 5.75 Å². The summed E-state index contributed by atoms with van der Waals surface area (Å²) in [6, 6.07) is 4.62. The standard InChI is InChI=1S/C12H15FN4O3/c1-15-5-6-16(12(15)14-17(18)19)8-9-3-4-11(20-2)10(13)7-9/h3-4,7H,5-6,8H2,1-2H3. The summed E-state index contributed by atoms with van der Waals surface area (Å²) in [6.45, 7) is 1.61. The van der Waals surface area contributed by atoms with Gasteiger partial charge in [-0.15, -0.1) is 0 Å². The number of methoxy groups -OCH3 is 1. The van der Waals surface area contributed by atoms with Gasteiger partial charge < -0.3 is 14.5 Å². The summed E-state index contributed by atoms with van der Waals surface area (Å²) in [4.78, 5) is 14.0. The summed E-state index contributed by atoms with van der Waals surface area (Å²) in [6.07, 6.45) is 0.